The molecule has 6 nitrogen and oxygen atoms in total. The van der Waals surface area contributed by atoms with Gasteiger partial charge in [0.1, 0.15) is 5.75 Å². The van der Waals surface area contributed by atoms with Crippen molar-refractivity contribution in [3.8, 4) is 5.75 Å². The zero-order chi connectivity index (χ0) is 16.6. The van der Waals surface area contributed by atoms with Gasteiger partial charge in [-0.05, 0) is 31.5 Å². The molecule has 23 heavy (non-hydrogen) atoms. The van der Waals surface area contributed by atoms with Crippen molar-refractivity contribution in [2.75, 3.05) is 20.2 Å². The molecule has 6 heteroatoms. The van der Waals surface area contributed by atoms with Gasteiger partial charge in [0.25, 0.3) is 5.91 Å². The highest BCUT2D eigenvalue weighted by atomic mass is 16.5. The third kappa shape index (κ3) is 2.84. The predicted octanol–water partition coefficient (Wildman–Crippen LogP) is 2.10. The van der Waals surface area contributed by atoms with E-state index in [4.69, 9.17) is 9.84 Å². The first-order valence-corrected chi connectivity index (χ1v) is 7.47. The monoisotopic (exact) mass is 314 g/mol. The number of hydrogen-bond acceptors (Lipinski definition) is 4. The molecule has 1 N–H and O–H groups in total. The number of carbonyl (C=O) groups is 2. The molecule has 2 aromatic rings. The molecule has 1 atom stereocenters. The van der Waals surface area contributed by atoms with Gasteiger partial charge < -0.3 is 14.7 Å². The fourth-order valence-electron chi connectivity index (χ4n) is 2.96. The van der Waals surface area contributed by atoms with Crippen LogP contribution in [-0.2, 0) is 4.79 Å². The number of aliphatic carboxylic acids is 1. The van der Waals surface area contributed by atoms with E-state index in [-0.39, 0.29) is 12.5 Å². The molecule has 1 aromatic heterocycles. The summed E-state index contributed by atoms with van der Waals surface area (Å²) in [5.74, 6) is -0.787. The van der Waals surface area contributed by atoms with Crippen LogP contribution in [0.15, 0.2) is 24.3 Å². The summed E-state index contributed by atoms with van der Waals surface area (Å²) in [6.07, 6.45) is 0.497. The molecule has 0 unspecified atom stereocenters. The second-order valence-electron chi connectivity index (χ2n) is 5.77. The van der Waals surface area contributed by atoms with Crippen LogP contribution in [-0.4, -0.2) is 47.1 Å². The molecule has 0 spiro atoms. The molecule has 1 aliphatic rings. The summed E-state index contributed by atoms with van der Waals surface area (Å²) in [5, 5.41) is 9.85. The van der Waals surface area contributed by atoms with Gasteiger partial charge in [-0.3, -0.25) is 14.6 Å². The Hall–Kier alpha value is -2.63. The first-order valence-electron chi connectivity index (χ1n) is 7.47. The van der Waals surface area contributed by atoms with Gasteiger partial charge in [-0.1, -0.05) is 0 Å². The van der Waals surface area contributed by atoms with Crippen molar-refractivity contribution in [2.45, 2.75) is 13.3 Å². The van der Waals surface area contributed by atoms with Crippen LogP contribution in [0.1, 0.15) is 22.5 Å². The van der Waals surface area contributed by atoms with Crippen molar-refractivity contribution in [3.05, 3.63) is 35.5 Å². The molecule has 2 heterocycles. The van der Waals surface area contributed by atoms with Crippen molar-refractivity contribution >= 4 is 22.8 Å². The van der Waals surface area contributed by atoms with E-state index in [0.717, 1.165) is 11.1 Å². The number of aryl methyl sites for hydroxylation is 1. The molecule has 1 aliphatic heterocycles. The Kier molecular flexibility index (Phi) is 3.90. The molecule has 3 rings (SSSR count). The highest BCUT2D eigenvalue weighted by Gasteiger charge is 2.32. The summed E-state index contributed by atoms with van der Waals surface area (Å²) >= 11 is 0. The van der Waals surface area contributed by atoms with Crippen molar-refractivity contribution in [2.24, 2.45) is 5.92 Å². The van der Waals surface area contributed by atoms with Crippen molar-refractivity contribution in [1.82, 2.24) is 9.88 Å². The summed E-state index contributed by atoms with van der Waals surface area (Å²) in [4.78, 5) is 30.0. The van der Waals surface area contributed by atoms with Gasteiger partial charge in [-0.15, -0.1) is 0 Å². The second kappa shape index (κ2) is 5.87. The number of likely N-dealkylation sites (tertiary alicyclic amines) is 1. The van der Waals surface area contributed by atoms with Gasteiger partial charge >= 0.3 is 5.97 Å². The van der Waals surface area contributed by atoms with Gasteiger partial charge in [-0.2, -0.15) is 0 Å². The average Bonchev–Trinajstić information content (AvgIpc) is 3.02. The number of nitrogens with zero attached hydrogens (tertiary/aromatic N) is 2. The number of fused-ring (bicyclic) bond motifs is 1. The van der Waals surface area contributed by atoms with E-state index in [1.54, 1.807) is 30.2 Å². The average molecular weight is 314 g/mol. The summed E-state index contributed by atoms with van der Waals surface area (Å²) in [5.41, 5.74) is 1.99. The number of carboxylic acids is 1. The molecule has 1 amide bonds. The van der Waals surface area contributed by atoms with Crippen LogP contribution >= 0.6 is 0 Å². The molecule has 0 radical (unpaired) electrons. The number of rotatable bonds is 3. The van der Waals surface area contributed by atoms with Gasteiger partial charge in [0.15, 0.2) is 0 Å². The maximum atomic E-state index is 12.8. The SMILES string of the molecule is COc1ccc2c(C(=O)N3CC[C@@H](C(=O)O)C3)cc(C)nc2c1. The predicted molar refractivity (Wildman–Crippen MR) is 84.7 cm³/mol. The Morgan fingerprint density at radius 2 is 2.13 bits per heavy atom. The van der Waals surface area contributed by atoms with Crippen LogP contribution in [0, 0.1) is 12.8 Å². The summed E-state index contributed by atoms with van der Waals surface area (Å²) in [6, 6.07) is 7.16. The maximum absolute atomic E-state index is 12.8. The Morgan fingerprint density at radius 1 is 1.35 bits per heavy atom. The molecule has 1 aromatic carbocycles. The first-order chi connectivity index (χ1) is 11.0. The van der Waals surface area contributed by atoms with Gasteiger partial charge in [-0.25, -0.2) is 0 Å². The van der Waals surface area contributed by atoms with E-state index in [2.05, 4.69) is 4.98 Å². The van der Waals surface area contributed by atoms with Crippen LogP contribution in [0.25, 0.3) is 10.9 Å². The lowest BCUT2D eigenvalue weighted by atomic mass is 10.1. The van der Waals surface area contributed by atoms with Crippen LogP contribution < -0.4 is 4.74 Å². The summed E-state index contributed by atoms with van der Waals surface area (Å²) in [7, 11) is 1.58. The smallest absolute Gasteiger partial charge is 0.308 e. The lowest BCUT2D eigenvalue weighted by Gasteiger charge is -2.17. The van der Waals surface area contributed by atoms with Gasteiger partial charge in [0.2, 0.25) is 0 Å². The Morgan fingerprint density at radius 3 is 2.78 bits per heavy atom. The Balaban J connectivity index is 1.99. The fraction of sp³-hybridized carbons (Fsp3) is 0.353. The fourth-order valence-corrected chi connectivity index (χ4v) is 2.96. The minimum atomic E-state index is -0.846. The van der Waals surface area contributed by atoms with Gasteiger partial charge in [0.05, 0.1) is 24.1 Å². The second-order valence-corrected chi connectivity index (χ2v) is 5.77. The topological polar surface area (TPSA) is 79.7 Å². The number of carboxylic acid groups (broad SMARTS) is 1. The summed E-state index contributed by atoms with van der Waals surface area (Å²) in [6.45, 7) is 2.56. The zero-order valence-electron chi connectivity index (χ0n) is 13.1. The first kappa shape index (κ1) is 15.3. The molecule has 1 fully saturated rings. The van der Waals surface area contributed by atoms with Crippen LogP contribution in [0.4, 0.5) is 0 Å². The van der Waals surface area contributed by atoms with Gasteiger partial charge in [0, 0.05) is 30.2 Å². The van der Waals surface area contributed by atoms with E-state index in [1.165, 1.54) is 0 Å². The van der Waals surface area contributed by atoms with Crippen LogP contribution in [0.3, 0.4) is 0 Å². The van der Waals surface area contributed by atoms with Crippen molar-refractivity contribution in [1.29, 1.82) is 0 Å². The van der Waals surface area contributed by atoms with Crippen molar-refractivity contribution < 1.29 is 19.4 Å². The minimum absolute atomic E-state index is 0.144. The van der Waals surface area contributed by atoms with E-state index in [9.17, 15) is 9.59 Å². The number of amides is 1. The third-order valence-electron chi connectivity index (χ3n) is 4.20. The normalized spacial score (nSPS) is 17.5. The van der Waals surface area contributed by atoms with E-state index in [0.29, 0.717) is 29.8 Å². The lowest BCUT2D eigenvalue weighted by molar-refractivity contribution is -0.141. The number of methoxy groups -OCH3 is 1. The van der Waals surface area contributed by atoms with Crippen LogP contribution in [0.5, 0.6) is 5.75 Å². The minimum Gasteiger partial charge on any atom is -0.497 e. The molecular formula is C17H18N2O4. The van der Waals surface area contributed by atoms with Crippen LogP contribution in [0.2, 0.25) is 0 Å². The highest BCUT2D eigenvalue weighted by molar-refractivity contribution is 6.06. The number of pyridine rings is 1. The molecule has 1 saturated heterocycles. The molecule has 0 aliphatic carbocycles. The van der Waals surface area contributed by atoms with Crippen molar-refractivity contribution in [3.63, 3.8) is 0 Å². The molecule has 0 bridgehead atoms. The van der Waals surface area contributed by atoms with E-state index < -0.39 is 11.9 Å². The van der Waals surface area contributed by atoms with E-state index in [1.807, 2.05) is 13.0 Å². The molecule has 120 valence electrons. The number of ether oxygens (including phenoxy) is 1. The number of carbonyl (C=O) groups excluding carboxylic acids is 1. The number of hydrogen-bond donors (Lipinski definition) is 1. The summed E-state index contributed by atoms with van der Waals surface area (Å²) < 4.78 is 5.20. The Labute approximate surface area is 133 Å². The lowest BCUT2D eigenvalue weighted by Crippen LogP contribution is -2.30. The quantitative estimate of drug-likeness (QED) is 0.938. The standard InChI is InChI=1S/C17H18N2O4/c1-10-7-14(13-4-3-12(23-2)8-15(13)18-10)16(20)19-6-5-11(9-19)17(21)22/h3-4,7-8,11H,5-6,9H2,1-2H3,(H,21,22)/t11-/m1/s1. The highest BCUT2D eigenvalue weighted by Crippen LogP contribution is 2.26. The maximum Gasteiger partial charge on any atom is 0.308 e. The largest absolute Gasteiger partial charge is 0.497 e. The molecular weight excluding hydrogens is 296 g/mol. The number of benzene rings is 1. The zero-order valence-corrected chi connectivity index (χ0v) is 13.1. The number of aromatic nitrogens is 1. The third-order valence-corrected chi connectivity index (χ3v) is 4.20. The van der Waals surface area contributed by atoms with E-state index >= 15 is 0 Å². The molecule has 0 saturated carbocycles. The Bertz CT molecular complexity index is 788.